The quantitative estimate of drug-likeness (QED) is 0.915. The number of hydrogen-bond donors (Lipinski definition) is 1. The normalized spacial score (nSPS) is 18.6. The van der Waals surface area contributed by atoms with Crippen molar-refractivity contribution < 1.29 is 9.18 Å². The zero-order chi connectivity index (χ0) is 13.2. The van der Waals surface area contributed by atoms with Crippen LogP contribution < -0.4 is 5.73 Å². The Balaban J connectivity index is 2.13. The molecule has 1 aromatic carbocycles. The minimum absolute atomic E-state index is 0.0306. The van der Waals surface area contributed by atoms with E-state index in [1.807, 2.05) is 0 Å². The Bertz CT molecular complexity index is 455. The average molecular weight is 270 g/mol. The maximum atomic E-state index is 13.7. The van der Waals surface area contributed by atoms with Gasteiger partial charge in [-0.2, -0.15) is 0 Å². The first-order chi connectivity index (χ1) is 8.53. The molecule has 0 aromatic heterocycles. The number of hydrogen-bond acceptors (Lipinski definition) is 2. The first-order valence-corrected chi connectivity index (χ1v) is 6.66. The number of nitrogens with two attached hydrogens (primary N) is 1. The number of carbonyl (C=O) groups is 1. The molecule has 2 nitrogen and oxygen atoms in total. The van der Waals surface area contributed by atoms with E-state index in [9.17, 15) is 9.18 Å². The molecule has 1 aliphatic carbocycles. The van der Waals surface area contributed by atoms with Crippen molar-refractivity contribution in [2.45, 2.75) is 44.1 Å². The fraction of sp³-hybridized carbons (Fsp3) is 0.500. The van der Waals surface area contributed by atoms with Crippen molar-refractivity contribution in [1.29, 1.82) is 0 Å². The molecule has 0 bridgehead atoms. The van der Waals surface area contributed by atoms with Crippen LogP contribution in [0.15, 0.2) is 18.2 Å². The lowest BCUT2D eigenvalue weighted by molar-refractivity contribution is -0.124. The van der Waals surface area contributed by atoms with Crippen molar-refractivity contribution in [2.24, 2.45) is 5.73 Å². The summed E-state index contributed by atoms with van der Waals surface area (Å²) in [5.41, 5.74) is 5.70. The number of rotatable bonds is 3. The summed E-state index contributed by atoms with van der Waals surface area (Å²) in [5.74, 6) is -0.588. The van der Waals surface area contributed by atoms with Gasteiger partial charge in [0.2, 0.25) is 0 Å². The van der Waals surface area contributed by atoms with Gasteiger partial charge in [0.25, 0.3) is 0 Å². The average Bonchev–Trinajstić information content (AvgIpc) is 2.36. The molecular weight excluding hydrogens is 253 g/mol. The molecule has 0 radical (unpaired) electrons. The van der Waals surface area contributed by atoms with E-state index in [0.29, 0.717) is 18.4 Å². The highest BCUT2D eigenvalue weighted by molar-refractivity contribution is 6.30. The van der Waals surface area contributed by atoms with Gasteiger partial charge in [-0.05, 0) is 24.5 Å². The number of Topliss-reactive ketones (excluding diaryl/α,β-unsaturated/α-hetero) is 1. The lowest BCUT2D eigenvalue weighted by atomic mass is 9.78. The highest BCUT2D eigenvalue weighted by Gasteiger charge is 2.35. The van der Waals surface area contributed by atoms with Crippen molar-refractivity contribution in [3.8, 4) is 0 Å². The van der Waals surface area contributed by atoms with E-state index in [2.05, 4.69) is 0 Å². The van der Waals surface area contributed by atoms with Crippen LogP contribution in [0.2, 0.25) is 5.02 Å². The van der Waals surface area contributed by atoms with Crippen molar-refractivity contribution in [3.63, 3.8) is 0 Å². The molecule has 0 atom stereocenters. The van der Waals surface area contributed by atoms with Crippen LogP contribution in [0.1, 0.15) is 37.7 Å². The number of halogens is 2. The van der Waals surface area contributed by atoms with E-state index in [-0.39, 0.29) is 17.2 Å². The zero-order valence-corrected chi connectivity index (χ0v) is 11.0. The third kappa shape index (κ3) is 2.73. The predicted molar refractivity (Wildman–Crippen MR) is 70.1 cm³/mol. The van der Waals surface area contributed by atoms with Gasteiger partial charge in [-0.3, -0.25) is 4.79 Å². The van der Waals surface area contributed by atoms with Crippen LogP contribution >= 0.6 is 11.6 Å². The van der Waals surface area contributed by atoms with Gasteiger partial charge in [-0.25, -0.2) is 4.39 Å². The summed E-state index contributed by atoms with van der Waals surface area (Å²) in [6.45, 7) is 0. The molecule has 1 fully saturated rings. The van der Waals surface area contributed by atoms with Gasteiger partial charge in [-0.15, -0.1) is 0 Å². The summed E-state index contributed by atoms with van der Waals surface area (Å²) < 4.78 is 13.7. The molecule has 2 rings (SSSR count). The summed E-state index contributed by atoms with van der Waals surface area (Å²) in [6.07, 6.45) is 4.50. The van der Waals surface area contributed by atoms with Gasteiger partial charge >= 0.3 is 0 Å². The van der Waals surface area contributed by atoms with Crippen LogP contribution in [0.25, 0.3) is 0 Å². The van der Waals surface area contributed by atoms with Gasteiger partial charge in [-0.1, -0.05) is 43.0 Å². The Labute approximate surface area is 111 Å². The van der Waals surface area contributed by atoms with Crippen LogP contribution in [-0.4, -0.2) is 11.3 Å². The molecule has 18 heavy (non-hydrogen) atoms. The summed E-state index contributed by atoms with van der Waals surface area (Å²) in [6, 6.07) is 4.72. The smallest absolute Gasteiger partial charge is 0.157 e. The van der Waals surface area contributed by atoms with Crippen molar-refractivity contribution in [3.05, 3.63) is 34.6 Å². The van der Waals surface area contributed by atoms with E-state index in [1.54, 1.807) is 12.1 Å². The third-order valence-corrected chi connectivity index (χ3v) is 3.98. The van der Waals surface area contributed by atoms with Crippen molar-refractivity contribution in [1.82, 2.24) is 0 Å². The maximum Gasteiger partial charge on any atom is 0.157 e. The van der Waals surface area contributed by atoms with E-state index < -0.39 is 11.4 Å². The maximum absolute atomic E-state index is 13.7. The molecule has 0 amide bonds. The van der Waals surface area contributed by atoms with Crippen molar-refractivity contribution in [2.75, 3.05) is 0 Å². The van der Waals surface area contributed by atoms with Gasteiger partial charge in [0.15, 0.2) is 5.78 Å². The molecule has 0 unspecified atom stereocenters. The minimum atomic E-state index is -0.771. The molecule has 2 N–H and O–H groups in total. The second-order valence-corrected chi connectivity index (χ2v) is 5.44. The molecule has 4 heteroatoms. The highest BCUT2D eigenvalue weighted by atomic mass is 35.5. The van der Waals surface area contributed by atoms with Crippen LogP contribution in [-0.2, 0) is 11.2 Å². The lowest BCUT2D eigenvalue weighted by Gasteiger charge is -2.31. The SMILES string of the molecule is NC1(C(=O)Cc2cccc(Cl)c2F)CCCCC1. The summed E-state index contributed by atoms with van der Waals surface area (Å²) in [7, 11) is 0. The topological polar surface area (TPSA) is 43.1 Å². The Morgan fingerprint density at radius 2 is 2.00 bits per heavy atom. The highest BCUT2D eigenvalue weighted by Crippen LogP contribution is 2.28. The molecule has 1 aromatic rings. The van der Waals surface area contributed by atoms with Gasteiger partial charge in [0.05, 0.1) is 10.6 Å². The number of carbonyl (C=O) groups excluding carboxylic acids is 1. The van der Waals surface area contributed by atoms with E-state index in [1.165, 1.54) is 6.07 Å². The first kappa shape index (κ1) is 13.5. The molecule has 0 saturated heterocycles. The van der Waals surface area contributed by atoms with Gasteiger partial charge < -0.3 is 5.73 Å². The first-order valence-electron chi connectivity index (χ1n) is 6.28. The third-order valence-electron chi connectivity index (χ3n) is 3.68. The Morgan fingerprint density at radius 1 is 1.33 bits per heavy atom. The van der Waals surface area contributed by atoms with Crippen molar-refractivity contribution >= 4 is 17.4 Å². The van der Waals surface area contributed by atoms with Crippen LogP contribution in [0.4, 0.5) is 4.39 Å². The molecular formula is C14H17ClFNO. The Morgan fingerprint density at radius 3 is 2.67 bits per heavy atom. The molecule has 0 heterocycles. The molecule has 98 valence electrons. The van der Waals surface area contributed by atoms with E-state index in [0.717, 1.165) is 19.3 Å². The fourth-order valence-corrected chi connectivity index (χ4v) is 2.69. The van der Waals surface area contributed by atoms with Crippen LogP contribution in [0, 0.1) is 5.82 Å². The van der Waals surface area contributed by atoms with E-state index >= 15 is 0 Å². The summed E-state index contributed by atoms with van der Waals surface area (Å²) >= 11 is 5.70. The largest absolute Gasteiger partial charge is 0.319 e. The number of benzene rings is 1. The Hall–Kier alpha value is -0.930. The molecule has 1 saturated carbocycles. The molecule has 0 aliphatic heterocycles. The summed E-state index contributed by atoms with van der Waals surface area (Å²) in [5, 5.41) is 0.0509. The van der Waals surface area contributed by atoms with Crippen LogP contribution in [0.5, 0.6) is 0 Å². The second-order valence-electron chi connectivity index (χ2n) is 5.03. The standard InChI is InChI=1S/C14H17ClFNO/c15-11-6-4-5-10(13(11)16)9-12(18)14(17)7-2-1-3-8-14/h4-6H,1-3,7-9,17H2. The lowest BCUT2D eigenvalue weighted by Crippen LogP contribution is -2.50. The molecule has 0 spiro atoms. The van der Waals surface area contributed by atoms with Crippen LogP contribution in [0.3, 0.4) is 0 Å². The fourth-order valence-electron chi connectivity index (χ4n) is 2.50. The zero-order valence-electron chi connectivity index (χ0n) is 10.2. The van der Waals surface area contributed by atoms with E-state index in [4.69, 9.17) is 17.3 Å². The number of ketones is 1. The Kier molecular flexibility index (Phi) is 4.03. The molecule has 1 aliphatic rings. The predicted octanol–water partition coefficient (Wildman–Crippen LogP) is 3.25. The monoisotopic (exact) mass is 269 g/mol. The van der Waals surface area contributed by atoms with Gasteiger partial charge in [0, 0.05) is 6.42 Å². The second kappa shape index (κ2) is 5.37. The summed E-state index contributed by atoms with van der Waals surface area (Å²) in [4.78, 5) is 12.2. The minimum Gasteiger partial charge on any atom is -0.319 e. The van der Waals surface area contributed by atoms with Gasteiger partial charge in [0.1, 0.15) is 5.82 Å².